The summed E-state index contributed by atoms with van der Waals surface area (Å²) in [7, 11) is 1.68. The molecule has 0 aliphatic heterocycles. The fourth-order valence-corrected chi connectivity index (χ4v) is 1.78. The molecule has 17 heavy (non-hydrogen) atoms. The SMILES string of the molecule is COc1cc2oc(C)nc2cc1CC=C(C)C. The number of rotatable bonds is 3. The van der Waals surface area contributed by atoms with Crippen LogP contribution in [-0.2, 0) is 6.42 Å². The van der Waals surface area contributed by atoms with E-state index in [1.807, 2.05) is 19.1 Å². The van der Waals surface area contributed by atoms with Crippen LogP contribution in [0.2, 0.25) is 0 Å². The third-order valence-corrected chi connectivity index (χ3v) is 2.63. The molecule has 0 atom stereocenters. The van der Waals surface area contributed by atoms with Crippen LogP contribution in [0.25, 0.3) is 11.1 Å². The highest BCUT2D eigenvalue weighted by atomic mass is 16.5. The van der Waals surface area contributed by atoms with Gasteiger partial charge in [0.05, 0.1) is 7.11 Å². The second-order valence-electron chi connectivity index (χ2n) is 4.35. The van der Waals surface area contributed by atoms with Crippen LogP contribution in [0.15, 0.2) is 28.2 Å². The highest BCUT2D eigenvalue weighted by Crippen LogP contribution is 2.27. The molecule has 3 heteroatoms. The van der Waals surface area contributed by atoms with Gasteiger partial charge in [-0.15, -0.1) is 0 Å². The van der Waals surface area contributed by atoms with Crippen LogP contribution in [0, 0.1) is 6.92 Å². The maximum Gasteiger partial charge on any atom is 0.192 e. The Morgan fingerprint density at radius 3 is 2.82 bits per heavy atom. The van der Waals surface area contributed by atoms with Gasteiger partial charge in [0.2, 0.25) is 0 Å². The average molecular weight is 231 g/mol. The number of aryl methyl sites for hydroxylation is 1. The van der Waals surface area contributed by atoms with E-state index >= 15 is 0 Å². The summed E-state index contributed by atoms with van der Waals surface area (Å²) in [5, 5.41) is 0. The number of ether oxygens (including phenoxy) is 1. The summed E-state index contributed by atoms with van der Waals surface area (Å²) in [6, 6.07) is 3.94. The molecule has 0 fully saturated rings. The van der Waals surface area contributed by atoms with E-state index in [1.54, 1.807) is 7.11 Å². The fourth-order valence-electron chi connectivity index (χ4n) is 1.78. The van der Waals surface area contributed by atoms with Crippen molar-refractivity contribution in [2.45, 2.75) is 27.2 Å². The van der Waals surface area contributed by atoms with Crippen molar-refractivity contribution in [3.63, 3.8) is 0 Å². The van der Waals surface area contributed by atoms with Crippen molar-refractivity contribution in [2.24, 2.45) is 0 Å². The quantitative estimate of drug-likeness (QED) is 0.756. The first kappa shape index (κ1) is 11.7. The van der Waals surface area contributed by atoms with Crippen LogP contribution in [0.5, 0.6) is 5.75 Å². The average Bonchev–Trinajstić information content (AvgIpc) is 2.63. The van der Waals surface area contributed by atoms with Crippen LogP contribution in [0.3, 0.4) is 0 Å². The molecule has 0 aliphatic carbocycles. The first-order valence-electron chi connectivity index (χ1n) is 5.67. The zero-order valence-electron chi connectivity index (χ0n) is 10.7. The number of hydrogen-bond acceptors (Lipinski definition) is 3. The first-order chi connectivity index (χ1) is 8.10. The smallest absolute Gasteiger partial charge is 0.192 e. The lowest BCUT2D eigenvalue weighted by molar-refractivity contribution is 0.410. The molecule has 1 aromatic heterocycles. The van der Waals surface area contributed by atoms with Crippen molar-refractivity contribution < 1.29 is 9.15 Å². The number of benzene rings is 1. The summed E-state index contributed by atoms with van der Waals surface area (Å²) in [5.74, 6) is 1.53. The summed E-state index contributed by atoms with van der Waals surface area (Å²) in [5.41, 5.74) is 4.10. The minimum Gasteiger partial charge on any atom is -0.496 e. The zero-order chi connectivity index (χ0) is 12.4. The third-order valence-electron chi connectivity index (χ3n) is 2.63. The Morgan fingerprint density at radius 1 is 1.41 bits per heavy atom. The maximum absolute atomic E-state index is 5.48. The molecule has 2 aromatic rings. The Balaban J connectivity index is 2.48. The molecule has 0 aliphatic rings. The van der Waals surface area contributed by atoms with Crippen LogP contribution in [-0.4, -0.2) is 12.1 Å². The lowest BCUT2D eigenvalue weighted by Gasteiger charge is -2.06. The second-order valence-corrected chi connectivity index (χ2v) is 4.35. The van der Waals surface area contributed by atoms with E-state index in [2.05, 4.69) is 24.9 Å². The van der Waals surface area contributed by atoms with Crippen LogP contribution in [0.1, 0.15) is 25.3 Å². The molecule has 0 bridgehead atoms. The minimum atomic E-state index is 0.682. The van der Waals surface area contributed by atoms with Gasteiger partial charge in [-0.05, 0) is 26.3 Å². The summed E-state index contributed by atoms with van der Waals surface area (Å²) < 4.78 is 10.9. The summed E-state index contributed by atoms with van der Waals surface area (Å²) in [4.78, 5) is 4.33. The molecule has 0 saturated heterocycles. The maximum atomic E-state index is 5.48. The topological polar surface area (TPSA) is 35.3 Å². The predicted octanol–water partition coefficient (Wildman–Crippen LogP) is 3.65. The van der Waals surface area contributed by atoms with Gasteiger partial charge in [-0.1, -0.05) is 11.6 Å². The number of oxazole rings is 1. The van der Waals surface area contributed by atoms with Crippen molar-refractivity contribution in [1.29, 1.82) is 0 Å². The van der Waals surface area contributed by atoms with Crippen molar-refractivity contribution in [3.05, 3.63) is 35.2 Å². The van der Waals surface area contributed by atoms with Gasteiger partial charge in [0, 0.05) is 18.6 Å². The molecule has 3 nitrogen and oxygen atoms in total. The van der Waals surface area contributed by atoms with E-state index in [0.29, 0.717) is 5.89 Å². The molecule has 0 radical (unpaired) electrons. The van der Waals surface area contributed by atoms with Gasteiger partial charge in [0.1, 0.15) is 11.3 Å². The molecule has 0 saturated carbocycles. The van der Waals surface area contributed by atoms with Crippen LogP contribution < -0.4 is 4.74 Å². The van der Waals surface area contributed by atoms with Gasteiger partial charge in [-0.3, -0.25) is 0 Å². The van der Waals surface area contributed by atoms with E-state index in [-0.39, 0.29) is 0 Å². The molecule has 0 spiro atoms. The van der Waals surface area contributed by atoms with E-state index in [1.165, 1.54) is 5.57 Å². The Labute approximate surface area is 101 Å². The van der Waals surface area contributed by atoms with E-state index < -0.39 is 0 Å². The number of hydrogen-bond donors (Lipinski definition) is 0. The zero-order valence-corrected chi connectivity index (χ0v) is 10.7. The van der Waals surface area contributed by atoms with Gasteiger partial charge in [-0.2, -0.15) is 0 Å². The molecule has 1 aromatic carbocycles. The van der Waals surface area contributed by atoms with Gasteiger partial charge in [0.15, 0.2) is 11.5 Å². The lowest BCUT2D eigenvalue weighted by Crippen LogP contribution is -1.91. The Bertz CT molecular complexity index is 563. The van der Waals surface area contributed by atoms with Gasteiger partial charge in [-0.25, -0.2) is 4.98 Å². The number of allylic oxidation sites excluding steroid dienone is 2. The molecule has 0 unspecified atom stereocenters. The molecule has 0 N–H and O–H groups in total. The van der Waals surface area contributed by atoms with Crippen molar-refractivity contribution in [1.82, 2.24) is 4.98 Å². The lowest BCUT2D eigenvalue weighted by atomic mass is 10.1. The molecular weight excluding hydrogens is 214 g/mol. The Morgan fingerprint density at radius 2 is 2.18 bits per heavy atom. The number of nitrogens with zero attached hydrogens (tertiary/aromatic N) is 1. The van der Waals surface area contributed by atoms with Crippen LogP contribution in [0.4, 0.5) is 0 Å². The molecule has 2 rings (SSSR count). The highest BCUT2D eigenvalue weighted by Gasteiger charge is 2.09. The third kappa shape index (κ3) is 2.49. The minimum absolute atomic E-state index is 0.682. The monoisotopic (exact) mass is 231 g/mol. The second kappa shape index (κ2) is 4.62. The number of methoxy groups -OCH3 is 1. The van der Waals surface area contributed by atoms with E-state index in [0.717, 1.165) is 28.8 Å². The largest absolute Gasteiger partial charge is 0.496 e. The van der Waals surface area contributed by atoms with E-state index in [9.17, 15) is 0 Å². The Kier molecular flexibility index (Phi) is 3.18. The normalized spacial score (nSPS) is 10.6. The van der Waals surface area contributed by atoms with Crippen LogP contribution >= 0.6 is 0 Å². The molecule has 1 heterocycles. The highest BCUT2D eigenvalue weighted by molar-refractivity contribution is 5.76. The fraction of sp³-hybridized carbons (Fsp3) is 0.357. The molecular formula is C14H17NO2. The van der Waals surface area contributed by atoms with E-state index in [4.69, 9.17) is 9.15 Å². The summed E-state index contributed by atoms with van der Waals surface area (Å²) in [6.07, 6.45) is 3.03. The number of aromatic nitrogens is 1. The predicted molar refractivity (Wildman–Crippen MR) is 68.4 cm³/mol. The summed E-state index contributed by atoms with van der Waals surface area (Å²) in [6.45, 7) is 6.03. The molecule has 0 amide bonds. The summed E-state index contributed by atoms with van der Waals surface area (Å²) >= 11 is 0. The first-order valence-corrected chi connectivity index (χ1v) is 5.67. The standard InChI is InChI=1S/C14H17NO2/c1-9(2)5-6-11-7-12-14(8-13(11)16-4)17-10(3)15-12/h5,7-8H,6H2,1-4H3. The van der Waals surface area contributed by atoms with Gasteiger partial charge < -0.3 is 9.15 Å². The Hall–Kier alpha value is -1.77. The molecule has 90 valence electrons. The van der Waals surface area contributed by atoms with Gasteiger partial charge >= 0.3 is 0 Å². The van der Waals surface area contributed by atoms with Crippen molar-refractivity contribution in [2.75, 3.05) is 7.11 Å². The number of fused-ring (bicyclic) bond motifs is 1. The van der Waals surface area contributed by atoms with Crippen molar-refractivity contribution in [3.8, 4) is 5.75 Å². The van der Waals surface area contributed by atoms with Gasteiger partial charge in [0.25, 0.3) is 0 Å². The van der Waals surface area contributed by atoms with Crippen molar-refractivity contribution >= 4 is 11.1 Å².